The summed E-state index contributed by atoms with van der Waals surface area (Å²) in [4.78, 5) is 4.78. The van der Waals surface area contributed by atoms with Crippen molar-refractivity contribution >= 4 is 0 Å². The van der Waals surface area contributed by atoms with Crippen LogP contribution in [0.4, 0.5) is 0 Å². The van der Waals surface area contributed by atoms with E-state index < -0.39 is 0 Å². The van der Waals surface area contributed by atoms with Gasteiger partial charge in [-0.3, -0.25) is 4.68 Å². The Bertz CT molecular complexity index is 1070. The average molecular weight is 374 g/mol. The molecular weight excluding hydrogens is 348 g/mol. The maximum atomic E-state index is 5.88. The highest BCUT2D eigenvalue weighted by molar-refractivity contribution is 5.62. The molecule has 28 heavy (non-hydrogen) atoms. The fourth-order valence-corrected chi connectivity index (χ4v) is 3.59. The van der Waals surface area contributed by atoms with E-state index >= 15 is 0 Å². The summed E-state index contributed by atoms with van der Waals surface area (Å²) >= 11 is 0. The van der Waals surface area contributed by atoms with Gasteiger partial charge in [-0.1, -0.05) is 37.3 Å². The van der Waals surface area contributed by atoms with Crippen LogP contribution < -0.4 is 0 Å². The second kappa shape index (κ2) is 7.50. The van der Waals surface area contributed by atoms with Crippen molar-refractivity contribution in [2.75, 3.05) is 0 Å². The minimum atomic E-state index is 0.265. The lowest BCUT2D eigenvalue weighted by Crippen LogP contribution is -2.08. The molecule has 0 aliphatic heterocycles. The van der Waals surface area contributed by atoms with E-state index in [1.807, 2.05) is 43.3 Å². The molecular formula is C23H26N4O. The number of nitrogens with zero attached hydrogens (tertiary/aromatic N) is 4. The zero-order valence-electron chi connectivity index (χ0n) is 16.9. The zero-order valence-corrected chi connectivity index (χ0v) is 16.9. The van der Waals surface area contributed by atoms with Crippen LogP contribution >= 0.6 is 0 Å². The molecule has 4 aromatic rings. The molecule has 0 saturated heterocycles. The fraction of sp³-hybridized carbons (Fsp3) is 0.304. The first-order valence-corrected chi connectivity index (χ1v) is 9.66. The van der Waals surface area contributed by atoms with Gasteiger partial charge in [0.25, 0.3) is 0 Å². The number of hydrogen-bond donors (Lipinski definition) is 0. The molecule has 5 nitrogen and oxygen atoms in total. The normalized spacial score (nSPS) is 12.4. The van der Waals surface area contributed by atoms with E-state index in [1.165, 1.54) is 17.0 Å². The largest absolute Gasteiger partial charge is 0.466 e. The summed E-state index contributed by atoms with van der Waals surface area (Å²) in [6.07, 6.45) is 4.75. The van der Waals surface area contributed by atoms with Gasteiger partial charge in [-0.2, -0.15) is 5.10 Å². The van der Waals surface area contributed by atoms with Gasteiger partial charge in [-0.25, -0.2) is 4.98 Å². The van der Waals surface area contributed by atoms with E-state index in [0.29, 0.717) is 0 Å². The van der Waals surface area contributed by atoms with Crippen LogP contribution in [0.1, 0.15) is 41.3 Å². The molecule has 144 valence electrons. The van der Waals surface area contributed by atoms with Crippen molar-refractivity contribution in [1.82, 2.24) is 19.3 Å². The molecule has 0 amide bonds. The molecule has 0 saturated carbocycles. The number of furan rings is 1. The summed E-state index contributed by atoms with van der Waals surface area (Å²) in [5.74, 6) is 2.23. The number of aromatic nitrogens is 4. The monoisotopic (exact) mass is 374 g/mol. The minimum Gasteiger partial charge on any atom is -0.466 e. The van der Waals surface area contributed by atoms with Crippen LogP contribution in [0.5, 0.6) is 0 Å². The fourth-order valence-electron chi connectivity index (χ4n) is 3.59. The minimum absolute atomic E-state index is 0.265. The molecule has 3 heterocycles. The maximum Gasteiger partial charge on any atom is 0.107 e. The van der Waals surface area contributed by atoms with Crippen LogP contribution in [-0.2, 0) is 20.0 Å². The first kappa shape index (κ1) is 18.3. The molecule has 0 aliphatic carbocycles. The molecule has 0 fully saturated rings. The lowest BCUT2D eigenvalue weighted by Gasteiger charge is -2.14. The van der Waals surface area contributed by atoms with Gasteiger partial charge in [-0.05, 0) is 32.4 Å². The van der Waals surface area contributed by atoms with Gasteiger partial charge < -0.3 is 8.98 Å². The second-order valence-electron chi connectivity index (χ2n) is 7.47. The Hall–Kier alpha value is -3.08. The van der Waals surface area contributed by atoms with E-state index in [-0.39, 0.29) is 5.92 Å². The number of aryl methyl sites for hydroxylation is 2. The van der Waals surface area contributed by atoms with Gasteiger partial charge in [0, 0.05) is 35.5 Å². The third-order valence-corrected chi connectivity index (χ3v) is 5.42. The van der Waals surface area contributed by atoms with Crippen molar-refractivity contribution in [2.45, 2.75) is 39.7 Å². The highest BCUT2D eigenvalue weighted by atomic mass is 16.3. The molecule has 0 aliphatic rings. The Morgan fingerprint density at radius 1 is 1.07 bits per heavy atom. The Morgan fingerprint density at radius 3 is 2.50 bits per heavy atom. The van der Waals surface area contributed by atoms with Crippen molar-refractivity contribution in [3.8, 4) is 11.3 Å². The van der Waals surface area contributed by atoms with Crippen LogP contribution in [0.15, 0.2) is 59.4 Å². The van der Waals surface area contributed by atoms with E-state index in [1.54, 1.807) is 0 Å². The standard InChI is InChI=1S/C23H26N4O/c1-16(22-11-10-17(2)28-22)12-21-23(19-8-6-5-7-9-19)24-15-27(21)14-20-13-25-26(4)18(20)3/h5-11,13,15-16H,12,14H2,1-4H3/t16-/m1/s1. The lowest BCUT2D eigenvalue weighted by atomic mass is 9.99. The first-order valence-electron chi connectivity index (χ1n) is 9.66. The van der Waals surface area contributed by atoms with Gasteiger partial charge in [-0.15, -0.1) is 0 Å². The smallest absolute Gasteiger partial charge is 0.107 e. The van der Waals surface area contributed by atoms with E-state index in [0.717, 1.165) is 35.7 Å². The third-order valence-electron chi connectivity index (χ3n) is 5.42. The van der Waals surface area contributed by atoms with Crippen molar-refractivity contribution < 1.29 is 4.42 Å². The molecule has 0 unspecified atom stereocenters. The molecule has 1 atom stereocenters. The van der Waals surface area contributed by atoms with Crippen molar-refractivity contribution in [3.63, 3.8) is 0 Å². The lowest BCUT2D eigenvalue weighted by molar-refractivity contribution is 0.448. The number of rotatable bonds is 6. The molecule has 1 aromatic carbocycles. The summed E-state index contributed by atoms with van der Waals surface area (Å²) in [6.45, 7) is 7.06. The summed E-state index contributed by atoms with van der Waals surface area (Å²) < 4.78 is 10.0. The van der Waals surface area contributed by atoms with Crippen LogP contribution in [0.3, 0.4) is 0 Å². The van der Waals surface area contributed by atoms with E-state index in [9.17, 15) is 0 Å². The highest BCUT2D eigenvalue weighted by Crippen LogP contribution is 2.29. The van der Waals surface area contributed by atoms with Crippen LogP contribution in [0.25, 0.3) is 11.3 Å². The van der Waals surface area contributed by atoms with Crippen LogP contribution in [0, 0.1) is 13.8 Å². The first-order chi connectivity index (χ1) is 13.5. The third kappa shape index (κ3) is 3.52. The summed E-state index contributed by atoms with van der Waals surface area (Å²) in [5.41, 5.74) is 5.79. The Kier molecular flexibility index (Phi) is 4.90. The molecule has 0 spiro atoms. The van der Waals surface area contributed by atoms with Gasteiger partial charge >= 0.3 is 0 Å². The molecule has 0 bridgehead atoms. The predicted octanol–water partition coefficient (Wildman–Crippen LogP) is 4.89. The van der Waals surface area contributed by atoms with Gasteiger partial charge in [0.1, 0.15) is 11.5 Å². The number of hydrogen-bond acceptors (Lipinski definition) is 3. The summed E-state index contributed by atoms with van der Waals surface area (Å²) in [6, 6.07) is 14.5. The Morgan fingerprint density at radius 2 is 1.86 bits per heavy atom. The van der Waals surface area contributed by atoms with Gasteiger partial charge in [0.2, 0.25) is 0 Å². The topological polar surface area (TPSA) is 48.8 Å². The quantitative estimate of drug-likeness (QED) is 0.483. The number of benzene rings is 1. The molecule has 4 rings (SSSR count). The molecule has 5 heteroatoms. The second-order valence-corrected chi connectivity index (χ2v) is 7.47. The van der Waals surface area contributed by atoms with E-state index in [4.69, 9.17) is 9.40 Å². The molecule has 0 radical (unpaired) electrons. The Balaban J connectivity index is 1.72. The number of imidazole rings is 1. The zero-order chi connectivity index (χ0) is 19.7. The van der Waals surface area contributed by atoms with Crippen molar-refractivity contribution in [3.05, 3.63) is 83.5 Å². The maximum absolute atomic E-state index is 5.88. The predicted molar refractivity (Wildman–Crippen MR) is 110 cm³/mol. The van der Waals surface area contributed by atoms with Crippen molar-refractivity contribution in [2.24, 2.45) is 7.05 Å². The van der Waals surface area contributed by atoms with Crippen molar-refractivity contribution in [1.29, 1.82) is 0 Å². The van der Waals surface area contributed by atoms with Gasteiger partial charge in [0.05, 0.1) is 24.8 Å². The summed E-state index contributed by atoms with van der Waals surface area (Å²) in [7, 11) is 1.98. The highest BCUT2D eigenvalue weighted by Gasteiger charge is 2.19. The molecule has 3 aromatic heterocycles. The molecule has 0 N–H and O–H groups in total. The Labute approximate surface area is 165 Å². The average Bonchev–Trinajstić information content (AvgIpc) is 3.39. The van der Waals surface area contributed by atoms with Gasteiger partial charge in [0.15, 0.2) is 0 Å². The van der Waals surface area contributed by atoms with Crippen LogP contribution in [-0.4, -0.2) is 19.3 Å². The van der Waals surface area contributed by atoms with Crippen LogP contribution in [0.2, 0.25) is 0 Å². The van der Waals surface area contributed by atoms with E-state index in [2.05, 4.69) is 53.8 Å². The SMILES string of the molecule is Cc1ccc([C@H](C)Cc2c(-c3ccccc3)ncn2Cc2cnn(C)c2C)o1. The summed E-state index contributed by atoms with van der Waals surface area (Å²) in [5, 5.41) is 4.39.